The van der Waals surface area contributed by atoms with Gasteiger partial charge in [-0.05, 0) is 29.4 Å². The van der Waals surface area contributed by atoms with Crippen LogP contribution in [0.1, 0.15) is 38.2 Å². The minimum atomic E-state index is 0.130. The molecule has 2 atom stereocenters. The number of phenolic OH excluding ortho intramolecular Hbond substituents is 2. The second-order valence-electron chi connectivity index (χ2n) is 4.51. The van der Waals surface area contributed by atoms with Crippen molar-refractivity contribution >= 4 is 0 Å². The second-order valence-corrected chi connectivity index (χ2v) is 4.51. The number of rotatable bonds is 2. The molecule has 0 saturated heterocycles. The van der Waals surface area contributed by atoms with Crippen LogP contribution in [-0.4, -0.2) is 10.2 Å². The molecule has 14 heavy (non-hydrogen) atoms. The quantitative estimate of drug-likeness (QED) is 0.756. The van der Waals surface area contributed by atoms with E-state index in [9.17, 15) is 5.11 Å². The Labute approximate surface area is 84.2 Å². The van der Waals surface area contributed by atoms with Crippen molar-refractivity contribution in [3.63, 3.8) is 0 Å². The van der Waals surface area contributed by atoms with E-state index in [1.165, 1.54) is 6.07 Å². The second kappa shape index (κ2) is 2.91. The number of benzene rings is 1. The Morgan fingerprint density at radius 3 is 2.64 bits per heavy atom. The molecular formula is C12H16O2. The zero-order valence-corrected chi connectivity index (χ0v) is 8.62. The topological polar surface area (TPSA) is 40.5 Å². The summed E-state index contributed by atoms with van der Waals surface area (Å²) in [5.74, 6) is 0.824. The first-order chi connectivity index (χ1) is 6.57. The van der Waals surface area contributed by atoms with E-state index < -0.39 is 0 Å². The highest BCUT2D eigenvalue weighted by atomic mass is 16.3. The van der Waals surface area contributed by atoms with E-state index in [4.69, 9.17) is 5.11 Å². The lowest BCUT2D eigenvalue weighted by Gasteiger charge is -2.09. The fourth-order valence-electron chi connectivity index (χ4n) is 2.11. The Balaban J connectivity index is 2.27. The van der Waals surface area contributed by atoms with Crippen LogP contribution in [0.15, 0.2) is 18.2 Å². The molecule has 2 rings (SSSR count). The number of hydrogen-bond acceptors (Lipinski definition) is 2. The lowest BCUT2D eigenvalue weighted by molar-refractivity contribution is 0.441. The van der Waals surface area contributed by atoms with Crippen molar-refractivity contribution in [3.05, 3.63) is 23.8 Å². The summed E-state index contributed by atoms with van der Waals surface area (Å²) in [4.78, 5) is 0. The largest absolute Gasteiger partial charge is 0.508 e. The molecule has 2 N–H and O–H groups in total. The van der Waals surface area contributed by atoms with Crippen molar-refractivity contribution in [2.45, 2.75) is 32.6 Å². The maximum Gasteiger partial charge on any atom is 0.122 e. The molecule has 0 aromatic heterocycles. The molecule has 0 bridgehead atoms. The van der Waals surface area contributed by atoms with Gasteiger partial charge in [0, 0.05) is 6.07 Å². The minimum absolute atomic E-state index is 0.130. The first-order valence-corrected chi connectivity index (χ1v) is 5.09. The normalized spacial score (nSPS) is 30.3. The summed E-state index contributed by atoms with van der Waals surface area (Å²) in [6.07, 6.45) is 2.28. The van der Waals surface area contributed by atoms with Crippen LogP contribution in [0.2, 0.25) is 0 Å². The lowest BCUT2D eigenvalue weighted by atomic mass is 9.98. The van der Waals surface area contributed by atoms with Crippen LogP contribution < -0.4 is 0 Å². The number of phenols is 2. The summed E-state index contributed by atoms with van der Waals surface area (Å²) < 4.78 is 0. The van der Waals surface area contributed by atoms with Crippen LogP contribution in [0.4, 0.5) is 0 Å². The van der Waals surface area contributed by atoms with Gasteiger partial charge in [0.05, 0.1) is 0 Å². The molecule has 2 heteroatoms. The predicted molar refractivity (Wildman–Crippen MR) is 55.5 cm³/mol. The van der Waals surface area contributed by atoms with Crippen LogP contribution in [0.3, 0.4) is 0 Å². The maximum atomic E-state index is 9.67. The standard InChI is InChI=1S/C12H16O2/c1-3-12(2)7-10(12)9-5-4-8(13)6-11(9)14/h4-6,10,13-14H,3,7H2,1-2H3. The predicted octanol–water partition coefficient (Wildman–Crippen LogP) is 3.00. The van der Waals surface area contributed by atoms with Gasteiger partial charge in [-0.3, -0.25) is 0 Å². The third kappa shape index (κ3) is 1.35. The molecule has 0 radical (unpaired) electrons. The van der Waals surface area contributed by atoms with Gasteiger partial charge in [0.15, 0.2) is 0 Å². The summed E-state index contributed by atoms with van der Waals surface area (Å²) >= 11 is 0. The van der Waals surface area contributed by atoms with Crippen molar-refractivity contribution in [3.8, 4) is 11.5 Å². The fourth-order valence-corrected chi connectivity index (χ4v) is 2.11. The average Bonchev–Trinajstić information content (AvgIpc) is 2.79. The molecule has 1 aromatic rings. The molecule has 1 aromatic carbocycles. The van der Waals surface area contributed by atoms with Gasteiger partial charge >= 0.3 is 0 Å². The van der Waals surface area contributed by atoms with Gasteiger partial charge in [-0.15, -0.1) is 0 Å². The van der Waals surface area contributed by atoms with Gasteiger partial charge in [-0.25, -0.2) is 0 Å². The summed E-state index contributed by atoms with van der Waals surface area (Å²) in [5, 5.41) is 18.8. The van der Waals surface area contributed by atoms with Crippen LogP contribution in [0.25, 0.3) is 0 Å². The van der Waals surface area contributed by atoms with Crippen LogP contribution in [0, 0.1) is 5.41 Å². The molecule has 1 aliphatic rings. The van der Waals surface area contributed by atoms with E-state index in [-0.39, 0.29) is 11.5 Å². The molecule has 2 nitrogen and oxygen atoms in total. The fraction of sp³-hybridized carbons (Fsp3) is 0.500. The molecule has 0 aliphatic heterocycles. The summed E-state index contributed by atoms with van der Waals surface area (Å²) in [7, 11) is 0. The molecule has 0 spiro atoms. The highest BCUT2D eigenvalue weighted by molar-refractivity contribution is 5.44. The minimum Gasteiger partial charge on any atom is -0.508 e. The number of hydrogen-bond donors (Lipinski definition) is 2. The Kier molecular flexibility index (Phi) is 1.95. The van der Waals surface area contributed by atoms with Crippen LogP contribution >= 0.6 is 0 Å². The molecular weight excluding hydrogens is 176 g/mol. The Hall–Kier alpha value is -1.18. The lowest BCUT2D eigenvalue weighted by Crippen LogP contribution is -1.94. The van der Waals surface area contributed by atoms with E-state index in [1.54, 1.807) is 6.07 Å². The first-order valence-electron chi connectivity index (χ1n) is 5.09. The highest BCUT2D eigenvalue weighted by Crippen LogP contribution is 2.62. The van der Waals surface area contributed by atoms with E-state index in [0.29, 0.717) is 11.3 Å². The van der Waals surface area contributed by atoms with Gasteiger partial charge in [0.2, 0.25) is 0 Å². The van der Waals surface area contributed by atoms with Gasteiger partial charge in [0.25, 0.3) is 0 Å². The third-order valence-corrected chi connectivity index (χ3v) is 3.55. The highest BCUT2D eigenvalue weighted by Gasteiger charge is 2.49. The van der Waals surface area contributed by atoms with Crippen molar-refractivity contribution < 1.29 is 10.2 Å². The molecule has 76 valence electrons. The Morgan fingerprint density at radius 1 is 1.43 bits per heavy atom. The van der Waals surface area contributed by atoms with Crippen molar-refractivity contribution in [2.75, 3.05) is 0 Å². The van der Waals surface area contributed by atoms with Gasteiger partial charge in [-0.2, -0.15) is 0 Å². The van der Waals surface area contributed by atoms with E-state index in [1.807, 2.05) is 6.07 Å². The summed E-state index contributed by atoms with van der Waals surface area (Å²) in [5.41, 5.74) is 1.33. The van der Waals surface area contributed by atoms with Crippen LogP contribution in [-0.2, 0) is 0 Å². The molecule has 0 amide bonds. The van der Waals surface area contributed by atoms with Crippen molar-refractivity contribution in [1.29, 1.82) is 0 Å². The van der Waals surface area contributed by atoms with E-state index in [2.05, 4.69) is 13.8 Å². The zero-order chi connectivity index (χ0) is 10.3. The molecule has 2 unspecified atom stereocenters. The monoisotopic (exact) mass is 192 g/mol. The smallest absolute Gasteiger partial charge is 0.122 e. The van der Waals surface area contributed by atoms with E-state index in [0.717, 1.165) is 18.4 Å². The molecule has 0 heterocycles. The molecule has 1 aliphatic carbocycles. The molecule has 1 saturated carbocycles. The van der Waals surface area contributed by atoms with Crippen molar-refractivity contribution in [1.82, 2.24) is 0 Å². The average molecular weight is 192 g/mol. The summed E-state index contributed by atoms with van der Waals surface area (Å²) in [6, 6.07) is 4.89. The van der Waals surface area contributed by atoms with Gasteiger partial charge in [-0.1, -0.05) is 26.3 Å². The number of aromatic hydroxyl groups is 2. The van der Waals surface area contributed by atoms with Crippen molar-refractivity contribution in [2.24, 2.45) is 5.41 Å². The Morgan fingerprint density at radius 2 is 2.14 bits per heavy atom. The first kappa shape index (κ1) is 9.38. The Bertz CT molecular complexity index is 359. The summed E-state index contributed by atoms with van der Waals surface area (Å²) in [6.45, 7) is 4.42. The van der Waals surface area contributed by atoms with Crippen LogP contribution in [0.5, 0.6) is 11.5 Å². The SMILES string of the molecule is CCC1(C)CC1c1ccc(O)cc1O. The van der Waals surface area contributed by atoms with Gasteiger partial charge in [0.1, 0.15) is 11.5 Å². The molecule has 1 fully saturated rings. The zero-order valence-electron chi connectivity index (χ0n) is 8.62. The van der Waals surface area contributed by atoms with E-state index >= 15 is 0 Å². The third-order valence-electron chi connectivity index (χ3n) is 3.55. The van der Waals surface area contributed by atoms with Gasteiger partial charge < -0.3 is 10.2 Å². The maximum absolute atomic E-state index is 9.67.